The van der Waals surface area contributed by atoms with Crippen molar-refractivity contribution < 1.29 is 23.1 Å². The van der Waals surface area contributed by atoms with Crippen LogP contribution in [0.15, 0.2) is 0 Å². The van der Waals surface area contributed by atoms with Crippen LogP contribution in [0, 0.1) is 5.41 Å². The Kier molecular flexibility index (Phi) is 5.64. The molecule has 0 aromatic heterocycles. The molecule has 19 heavy (non-hydrogen) atoms. The molecule has 0 aromatic carbocycles. The van der Waals surface area contributed by atoms with Gasteiger partial charge >= 0.3 is 12.1 Å². The normalized spacial score (nSPS) is 20.4. The van der Waals surface area contributed by atoms with Gasteiger partial charge in [-0.2, -0.15) is 13.2 Å². The first-order chi connectivity index (χ1) is 8.79. The average Bonchev–Trinajstić information content (AvgIpc) is 2.30. The number of alkyl halides is 3. The SMILES string of the molecule is CCCC1(C(=O)O)CCN(CCCC(F)(F)F)CC1. The second-order valence-corrected chi connectivity index (χ2v) is 5.40. The van der Waals surface area contributed by atoms with Gasteiger partial charge in [0.2, 0.25) is 0 Å². The third kappa shape index (κ3) is 5.01. The van der Waals surface area contributed by atoms with Gasteiger partial charge in [-0.1, -0.05) is 13.3 Å². The van der Waals surface area contributed by atoms with E-state index >= 15 is 0 Å². The zero-order valence-electron chi connectivity index (χ0n) is 11.3. The summed E-state index contributed by atoms with van der Waals surface area (Å²) in [6.07, 6.45) is -2.20. The smallest absolute Gasteiger partial charge is 0.389 e. The number of carboxylic acid groups (broad SMARTS) is 1. The molecule has 0 bridgehead atoms. The fraction of sp³-hybridized carbons (Fsp3) is 0.923. The zero-order valence-corrected chi connectivity index (χ0v) is 11.3. The fourth-order valence-corrected chi connectivity index (χ4v) is 2.76. The molecule has 1 aliphatic heterocycles. The monoisotopic (exact) mass is 281 g/mol. The number of hydrogen-bond donors (Lipinski definition) is 1. The van der Waals surface area contributed by atoms with Crippen molar-refractivity contribution in [3.63, 3.8) is 0 Å². The molecule has 1 rings (SSSR count). The molecule has 0 unspecified atom stereocenters. The van der Waals surface area contributed by atoms with Gasteiger partial charge < -0.3 is 10.0 Å². The molecule has 0 amide bonds. The zero-order chi connectivity index (χ0) is 14.5. The lowest BCUT2D eigenvalue weighted by molar-refractivity contribution is -0.152. The third-order valence-electron chi connectivity index (χ3n) is 3.93. The summed E-state index contributed by atoms with van der Waals surface area (Å²) in [6.45, 7) is 3.54. The molecule has 0 aliphatic carbocycles. The molecule has 0 atom stereocenters. The molecule has 3 nitrogen and oxygen atoms in total. The van der Waals surface area contributed by atoms with Crippen LogP contribution in [0.5, 0.6) is 0 Å². The molecule has 112 valence electrons. The van der Waals surface area contributed by atoms with E-state index in [2.05, 4.69) is 0 Å². The number of carbonyl (C=O) groups is 1. The molecule has 1 fully saturated rings. The van der Waals surface area contributed by atoms with Crippen LogP contribution in [0.3, 0.4) is 0 Å². The minimum atomic E-state index is -4.09. The summed E-state index contributed by atoms with van der Waals surface area (Å²) < 4.78 is 36.1. The van der Waals surface area contributed by atoms with Crippen LogP contribution in [-0.4, -0.2) is 41.8 Å². The third-order valence-corrected chi connectivity index (χ3v) is 3.93. The average molecular weight is 281 g/mol. The molecular weight excluding hydrogens is 259 g/mol. The first-order valence-corrected chi connectivity index (χ1v) is 6.81. The molecule has 1 N–H and O–H groups in total. The van der Waals surface area contributed by atoms with Gasteiger partial charge in [0.05, 0.1) is 5.41 Å². The van der Waals surface area contributed by atoms with Crippen LogP contribution in [0.25, 0.3) is 0 Å². The summed E-state index contributed by atoms with van der Waals surface area (Å²) in [5.41, 5.74) is -0.657. The summed E-state index contributed by atoms with van der Waals surface area (Å²) in [5.74, 6) is -0.760. The summed E-state index contributed by atoms with van der Waals surface area (Å²) in [4.78, 5) is 13.3. The van der Waals surface area contributed by atoms with Crippen molar-refractivity contribution in [3.8, 4) is 0 Å². The number of rotatable bonds is 6. The number of halogens is 3. The van der Waals surface area contributed by atoms with E-state index in [1.165, 1.54) is 0 Å². The van der Waals surface area contributed by atoms with Crippen molar-refractivity contribution in [1.29, 1.82) is 0 Å². The van der Waals surface area contributed by atoms with Crippen molar-refractivity contribution in [2.75, 3.05) is 19.6 Å². The van der Waals surface area contributed by atoms with E-state index in [1.807, 2.05) is 11.8 Å². The van der Waals surface area contributed by atoms with Gasteiger partial charge in [-0.15, -0.1) is 0 Å². The van der Waals surface area contributed by atoms with Gasteiger partial charge in [-0.05, 0) is 45.3 Å². The van der Waals surface area contributed by atoms with E-state index in [4.69, 9.17) is 0 Å². The van der Waals surface area contributed by atoms with E-state index in [1.54, 1.807) is 0 Å². The molecular formula is C13H22F3NO2. The van der Waals surface area contributed by atoms with Crippen LogP contribution in [0.4, 0.5) is 13.2 Å². The van der Waals surface area contributed by atoms with Crippen LogP contribution < -0.4 is 0 Å². The van der Waals surface area contributed by atoms with Gasteiger partial charge in [0, 0.05) is 6.42 Å². The lowest BCUT2D eigenvalue weighted by Gasteiger charge is -2.38. The highest BCUT2D eigenvalue weighted by Crippen LogP contribution is 2.36. The molecule has 0 saturated carbocycles. The minimum absolute atomic E-state index is 0.0946. The summed E-state index contributed by atoms with van der Waals surface area (Å²) in [7, 11) is 0. The second kappa shape index (κ2) is 6.59. The molecule has 0 spiro atoms. The van der Waals surface area contributed by atoms with E-state index in [0.717, 1.165) is 6.42 Å². The molecule has 1 heterocycles. The maximum atomic E-state index is 12.0. The largest absolute Gasteiger partial charge is 0.481 e. The van der Waals surface area contributed by atoms with Crippen LogP contribution >= 0.6 is 0 Å². The highest BCUT2D eigenvalue weighted by molar-refractivity contribution is 5.74. The quantitative estimate of drug-likeness (QED) is 0.812. The Balaban J connectivity index is 2.37. The minimum Gasteiger partial charge on any atom is -0.481 e. The van der Waals surface area contributed by atoms with Crippen molar-refractivity contribution in [2.24, 2.45) is 5.41 Å². The Morgan fingerprint density at radius 1 is 1.32 bits per heavy atom. The number of carboxylic acids is 1. The number of nitrogens with zero attached hydrogens (tertiary/aromatic N) is 1. The number of piperidine rings is 1. The Morgan fingerprint density at radius 3 is 2.32 bits per heavy atom. The first-order valence-electron chi connectivity index (χ1n) is 6.81. The van der Waals surface area contributed by atoms with Gasteiger partial charge in [-0.3, -0.25) is 4.79 Å². The highest BCUT2D eigenvalue weighted by Gasteiger charge is 2.40. The standard InChI is InChI=1S/C13H22F3NO2/c1-2-4-12(11(18)19)6-9-17(10-7-12)8-3-5-13(14,15)16/h2-10H2,1H3,(H,18,19). The Hall–Kier alpha value is -0.780. The van der Waals surface area contributed by atoms with Crippen molar-refractivity contribution in [2.45, 2.75) is 51.6 Å². The predicted octanol–water partition coefficient (Wildman–Crippen LogP) is 3.30. The lowest BCUT2D eigenvalue weighted by atomic mass is 9.75. The van der Waals surface area contributed by atoms with Gasteiger partial charge in [0.15, 0.2) is 0 Å². The summed E-state index contributed by atoms with van der Waals surface area (Å²) in [6, 6.07) is 0. The Labute approximate surface area is 111 Å². The Morgan fingerprint density at radius 2 is 1.89 bits per heavy atom. The highest BCUT2D eigenvalue weighted by atomic mass is 19.4. The number of hydrogen-bond acceptors (Lipinski definition) is 2. The van der Waals surface area contributed by atoms with Crippen molar-refractivity contribution in [3.05, 3.63) is 0 Å². The van der Waals surface area contributed by atoms with Crippen LogP contribution in [-0.2, 0) is 4.79 Å². The van der Waals surface area contributed by atoms with Crippen LogP contribution in [0.1, 0.15) is 45.4 Å². The topological polar surface area (TPSA) is 40.5 Å². The van der Waals surface area contributed by atoms with E-state index in [0.29, 0.717) is 38.9 Å². The number of aliphatic carboxylic acids is 1. The summed E-state index contributed by atoms with van der Waals surface area (Å²) >= 11 is 0. The van der Waals surface area contributed by atoms with E-state index in [-0.39, 0.29) is 6.42 Å². The summed E-state index contributed by atoms with van der Waals surface area (Å²) in [5, 5.41) is 9.32. The maximum absolute atomic E-state index is 12.0. The molecule has 0 aromatic rings. The second-order valence-electron chi connectivity index (χ2n) is 5.40. The van der Waals surface area contributed by atoms with Crippen molar-refractivity contribution >= 4 is 5.97 Å². The van der Waals surface area contributed by atoms with E-state index in [9.17, 15) is 23.1 Å². The van der Waals surface area contributed by atoms with Gasteiger partial charge in [0.1, 0.15) is 0 Å². The molecule has 0 radical (unpaired) electrons. The van der Waals surface area contributed by atoms with Crippen LogP contribution in [0.2, 0.25) is 0 Å². The molecule has 6 heteroatoms. The molecule has 1 saturated heterocycles. The van der Waals surface area contributed by atoms with Crippen molar-refractivity contribution in [1.82, 2.24) is 4.90 Å². The predicted molar refractivity (Wildman–Crippen MR) is 65.9 cm³/mol. The van der Waals surface area contributed by atoms with Gasteiger partial charge in [-0.25, -0.2) is 0 Å². The first kappa shape index (κ1) is 16.3. The fourth-order valence-electron chi connectivity index (χ4n) is 2.76. The molecule has 1 aliphatic rings. The Bertz CT molecular complexity index is 297. The van der Waals surface area contributed by atoms with E-state index < -0.39 is 24.0 Å². The van der Waals surface area contributed by atoms with Gasteiger partial charge in [0.25, 0.3) is 0 Å². The number of likely N-dealkylation sites (tertiary alicyclic amines) is 1. The lowest BCUT2D eigenvalue weighted by Crippen LogP contribution is -2.44. The maximum Gasteiger partial charge on any atom is 0.389 e.